The number of imidazole rings is 1. The maximum absolute atomic E-state index is 12.9. The maximum Gasteiger partial charge on any atom is 0.247 e. The van der Waals surface area contributed by atoms with E-state index in [-0.39, 0.29) is 5.91 Å². The van der Waals surface area contributed by atoms with Gasteiger partial charge in [0.15, 0.2) is 0 Å². The zero-order valence-corrected chi connectivity index (χ0v) is 14.4. The summed E-state index contributed by atoms with van der Waals surface area (Å²) in [6, 6.07) is 17.2. The Morgan fingerprint density at radius 3 is 2.72 bits per heavy atom. The highest BCUT2D eigenvalue weighted by Gasteiger charge is 2.23. The molecule has 0 bridgehead atoms. The predicted molar refractivity (Wildman–Crippen MR) is 98.4 cm³/mol. The molecule has 1 unspecified atom stereocenters. The fraction of sp³-hybridized carbons (Fsp3) is 0.300. The Kier molecular flexibility index (Phi) is 5.80. The molecule has 1 heterocycles. The molecule has 5 heteroatoms. The standard InChI is InChI=1S/C20H23N3O2/c1-2-25-14-8-13-21-20(24)19(16-9-4-3-5-10-16)23-15-22-17-11-6-7-12-18(17)23/h3-7,9-12,15,19H,2,8,13-14H2,1H3,(H,21,24). The summed E-state index contributed by atoms with van der Waals surface area (Å²) in [7, 11) is 0. The van der Waals surface area contributed by atoms with E-state index < -0.39 is 6.04 Å². The van der Waals surface area contributed by atoms with Gasteiger partial charge in [-0.05, 0) is 31.0 Å². The van der Waals surface area contributed by atoms with Crippen molar-refractivity contribution in [2.45, 2.75) is 19.4 Å². The highest BCUT2D eigenvalue weighted by molar-refractivity contribution is 5.86. The molecule has 130 valence electrons. The van der Waals surface area contributed by atoms with E-state index in [0.29, 0.717) is 19.8 Å². The summed E-state index contributed by atoms with van der Waals surface area (Å²) >= 11 is 0. The molecule has 1 atom stereocenters. The van der Waals surface area contributed by atoms with E-state index in [9.17, 15) is 4.79 Å². The molecular weight excluding hydrogens is 314 g/mol. The van der Waals surface area contributed by atoms with Gasteiger partial charge in [-0.25, -0.2) is 4.98 Å². The molecule has 0 saturated heterocycles. The summed E-state index contributed by atoms with van der Waals surface area (Å²) in [6.45, 7) is 3.91. The minimum Gasteiger partial charge on any atom is -0.382 e. The molecule has 0 aliphatic heterocycles. The van der Waals surface area contributed by atoms with Gasteiger partial charge in [-0.3, -0.25) is 4.79 Å². The van der Waals surface area contributed by atoms with Crippen molar-refractivity contribution in [3.63, 3.8) is 0 Å². The number of amides is 1. The van der Waals surface area contributed by atoms with E-state index in [2.05, 4.69) is 10.3 Å². The molecule has 3 aromatic rings. The van der Waals surface area contributed by atoms with Crippen LogP contribution in [0.1, 0.15) is 24.9 Å². The van der Waals surface area contributed by atoms with Crippen molar-refractivity contribution in [1.29, 1.82) is 0 Å². The van der Waals surface area contributed by atoms with Crippen molar-refractivity contribution < 1.29 is 9.53 Å². The van der Waals surface area contributed by atoms with E-state index >= 15 is 0 Å². The summed E-state index contributed by atoms with van der Waals surface area (Å²) in [5.74, 6) is -0.0362. The molecule has 2 aromatic carbocycles. The average molecular weight is 337 g/mol. The maximum atomic E-state index is 12.9. The monoisotopic (exact) mass is 337 g/mol. The largest absolute Gasteiger partial charge is 0.382 e. The van der Waals surface area contributed by atoms with Crippen LogP contribution in [0.15, 0.2) is 60.9 Å². The summed E-state index contributed by atoms with van der Waals surface area (Å²) in [5, 5.41) is 3.03. The van der Waals surface area contributed by atoms with Gasteiger partial charge >= 0.3 is 0 Å². The first-order valence-corrected chi connectivity index (χ1v) is 8.63. The molecular formula is C20H23N3O2. The van der Waals surface area contributed by atoms with Crippen LogP contribution in [-0.2, 0) is 9.53 Å². The van der Waals surface area contributed by atoms with E-state index in [1.807, 2.05) is 66.1 Å². The lowest BCUT2D eigenvalue weighted by Gasteiger charge is -2.19. The number of para-hydroxylation sites is 2. The molecule has 1 aromatic heterocycles. The van der Waals surface area contributed by atoms with Gasteiger partial charge in [0.05, 0.1) is 17.4 Å². The normalized spacial score (nSPS) is 12.2. The van der Waals surface area contributed by atoms with Gasteiger partial charge < -0.3 is 14.6 Å². The summed E-state index contributed by atoms with van der Waals surface area (Å²) in [5.41, 5.74) is 2.77. The van der Waals surface area contributed by atoms with Gasteiger partial charge in [0.1, 0.15) is 6.04 Å². The van der Waals surface area contributed by atoms with Crippen LogP contribution in [0.4, 0.5) is 0 Å². The third-order valence-corrected chi connectivity index (χ3v) is 4.09. The first-order valence-electron chi connectivity index (χ1n) is 8.63. The van der Waals surface area contributed by atoms with Crippen molar-refractivity contribution in [2.75, 3.05) is 19.8 Å². The van der Waals surface area contributed by atoms with Crippen LogP contribution in [0.5, 0.6) is 0 Å². The number of carbonyl (C=O) groups excluding carboxylic acids is 1. The molecule has 0 saturated carbocycles. The molecule has 1 amide bonds. The van der Waals surface area contributed by atoms with E-state index in [1.165, 1.54) is 0 Å². The quantitative estimate of drug-likeness (QED) is 0.642. The average Bonchev–Trinajstić information content (AvgIpc) is 3.07. The first-order chi connectivity index (χ1) is 12.3. The van der Waals surface area contributed by atoms with Crippen molar-refractivity contribution in [1.82, 2.24) is 14.9 Å². The summed E-state index contributed by atoms with van der Waals surface area (Å²) < 4.78 is 7.26. The van der Waals surface area contributed by atoms with E-state index in [1.54, 1.807) is 6.33 Å². The number of benzene rings is 2. The molecule has 3 rings (SSSR count). The zero-order chi connectivity index (χ0) is 17.5. The van der Waals surface area contributed by atoms with Crippen molar-refractivity contribution >= 4 is 16.9 Å². The van der Waals surface area contributed by atoms with Crippen LogP contribution >= 0.6 is 0 Å². The Labute approximate surface area is 147 Å². The molecule has 1 N–H and O–H groups in total. The molecule has 5 nitrogen and oxygen atoms in total. The van der Waals surface area contributed by atoms with Crippen molar-refractivity contribution in [3.05, 3.63) is 66.5 Å². The lowest BCUT2D eigenvalue weighted by molar-refractivity contribution is -0.123. The molecule has 0 aliphatic rings. The summed E-state index contributed by atoms with van der Waals surface area (Å²) in [4.78, 5) is 17.3. The second kappa shape index (κ2) is 8.44. The number of hydrogen-bond acceptors (Lipinski definition) is 3. The third kappa shape index (κ3) is 4.06. The van der Waals surface area contributed by atoms with Gasteiger partial charge in [0.2, 0.25) is 5.91 Å². The number of rotatable bonds is 8. The number of ether oxygens (including phenoxy) is 1. The van der Waals surface area contributed by atoms with Gasteiger partial charge in [0.25, 0.3) is 0 Å². The van der Waals surface area contributed by atoms with Gasteiger partial charge in [0, 0.05) is 19.8 Å². The van der Waals surface area contributed by atoms with Crippen LogP contribution in [0.25, 0.3) is 11.0 Å². The lowest BCUT2D eigenvalue weighted by atomic mass is 10.1. The van der Waals surface area contributed by atoms with Gasteiger partial charge in [-0.15, -0.1) is 0 Å². The molecule has 0 radical (unpaired) electrons. The van der Waals surface area contributed by atoms with Crippen LogP contribution in [0.2, 0.25) is 0 Å². The van der Waals surface area contributed by atoms with Gasteiger partial charge in [-0.1, -0.05) is 42.5 Å². The number of carbonyl (C=O) groups is 1. The smallest absolute Gasteiger partial charge is 0.247 e. The second-order valence-electron chi connectivity index (χ2n) is 5.80. The summed E-state index contributed by atoms with van der Waals surface area (Å²) in [6.07, 6.45) is 2.54. The van der Waals surface area contributed by atoms with Crippen molar-refractivity contribution in [3.8, 4) is 0 Å². The SMILES string of the molecule is CCOCCCNC(=O)C(c1ccccc1)n1cnc2ccccc21. The number of fused-ring (bicyclic) bond motifs is 1. The van der Waals surface area contributed by atoms with Crippen LogP contribution in [-0.4, -0.2) is 35.2 Å². The first kappa shape index (κ1) is 17.2. The Morgan fingerprint density at radius 2 is 1.92 bits per heavy atom. The Bertz CT molecular complexity index is 814. The molecule has 25 heavy (non-hydrogen) atoms. The van der Waals surface area contributed by atoms with Crippen LogP contribution < -0.4 is 5.32 Å². The van der Waals surface area contributed by atoms with Gasteiger partial charge in [-0.2, -0.15) is 0 Å². The highest BCUT2D eigenvalue weighted by atomic mass is 16.5. The third-order valence-electron chi connectivity index (χ3n) is 4.09. The number of nitrogens with one attached hydrogen (secondary N) is 1. The molecule has 0 spiro atoms. The van der Waals surface area contributed by atoms with E-state index in [4.69, 9.17) is 4.74 Å². The Balaban J connectivity index is 1.85. The molecule has 0 aliphatic carbocycles. The fourth-order valence-electron chi connectivity index (χ4n) is 2.88. The van der Waals surface area contributed by atoms with Crippen LogP contribution in [0, 0.1) is 0 Å². The number of aromatic nitrogens is 2. The zero-order valence-electron chi connectivity index (χ0n) is 14.4. The minimum atomic E-state index is -0.444. The Hall–Kier alpha value is -2.66. The van der Waals surface area contributed by atoms with Crippen LogP contribution in [0.3, 0.4) is 0 Å². The highest BCUT2D eigenvalue weighted by Crippen LogP contribution is 2.24. The minimum absolute atomic E-state index is 0.0362. The number of nitrogens with zero attached hydrogens (tertiary/aromatic N) is 2. The number of hydrogen-bond donors (Lipinski definition) is 1. The van der Waals surface area contributed by atoms with Crippen molar-refractivity contribution in [2.24, 2.45) is 0 Å². The predicted octanol–water partition coefficient (Wildman–Crippen LogP) is 3.17. The Morgan fingerprint density at radius 1 is 1.16 bits per heavy atom. The molecule has 0 fully saturated rings. The van der Waals surface area contributed by atoms with E-state index in [0.717, 1.165) is 23.0 Å². The second-order valence-corrected chi connectivity index (χ2v) is 5.80. The lowest BCUT2D eigenvalue weighted by Crippen LogP contribution is -2.34. The topological polar surface area (TPSA) is 56.1 Å². The fourth-order valence-corrected chi connectivity index (χ4v) is 2.88.